The van der Waals surface area contributed by atoms with Crippen molar-refractivity contribution in [3.05, 3.63) is 12.2 Å². The molecular weight excluding hydrogens is 234 g/mol. The van der Waals surface area contributed by atoms with E-state index in [0.29, 0.717) is 5.92 Å². The summed E-state index contributed by atoms with van der Waals surface area (Å²) < 4.78 is 21.3. The van der Waals surface area contributed by atoms with Crippen molar-refractivity contribution in [2.75, 3.05) is 25.9 Å². The van der Waals surface area contributed by atoms with E-state index in [1.54, 1.807) is 6.08 Å². The summed E-state index contributed by atoms with van der Waals surface area (Å²) in [5.41, 5.74) is 0. The molecule has 1 fully saturated rings. The minimum Gasteiger partial charge on any atom is -0.306 e. The Morgan fingerprint density at radius 1 is 1.33 bits per heavy atom. The Morgan fingerprint density at radius 2 is 1.93 bits per heavy atom. The molecule has 88 valence electrons. The average Bonchev–Trinajstić information content (AvgIpc) is 2.14. The van der Waals surface area contributed by atoms with E-state index in [-0.39, 0.29) is 5.75 Å². The average molecular weight is 252 g/mol. The molecule has 1 aliphatic rings. The molecule has 0 spiro atoms. The van der Waals surface area contributed by atoms with Crippen LogP contribution in [0.4, 0.5) is 0 Å². The monoisotopic (exact) mass is 251 g/mol. The molecule has 5 heteroatoms. The Labute approximate surface area is 96.5 Å². The highest BCUT2D eigenvalue weighted by Gasteiger charge is 2.14. The summed E-state index contributed by atoms with van der Waals surface area (Å²) in [4.78, 5) is 2.32. The van der Waals surface area contributed by atoms with E-state index in [4.69, 9.17) is 10.7 Å². The second kappa shape index (κ2) is 5.87. The van der Waals surface area contributed by atoms with Crippen molar-refractivity contribution in [3.63, 3.8) is 0 Å². The zero-order chi connectivity index (χ0) is 11.3. The molecule has 0 radical (unpaired) electrons. The molecule has 0 unspecified atom stereocenters. The van der Waals surface area contributed by atoms with Crippen molar-refractivity contribution in [2.24, 2.45) is 5.92 Å². The number of hydrogen-bond donors (Lipinski definition) is 0. The van der Waals surface area contributed by atoms with Crippen LogP contribution in [0.15, 0.2) is 12.2 Å². The Balaban J connectivity index is 2.20. The highest BCUT2D eigenvalue weighted by molar-refractivity contribution is 8.13. The van der Waals surface area contributed by atoms with Crippen LogP contribution in [-0.2, 0) is 9.05 Å². The summed E-state index contributed by atoms with van der Waals surface area (Å²) in [6.07, 6.45) is 6.97. The molecule has 1 heterocycles. The number of halogens is 1. The van der Waals surface area contributed by atoms with Gasteiger partial charge in [0.15, 0.2) is 0 Å². The minimum absolute atomic E-state index is 0.0544. The molecule has 1 saturated heterocycles. The van der Waals surface area contributed by atoms with Crippen LogP contribution in [0, 0.1) is 5.92 Å². The molecular formula is C10H18ClNO2S. The number of piperidine rings is 1. The van der Waals surface area contributed by atoms with Gasteiger partial charge >= 0.3 is 0 Å². The largest absolute Gasteiger partial charge is 0.306 e. The maximum atomic E-state index is 10.6. The van der Waals surface area contributed by atoms with Gasteiger partial charge in [-0.25, -0.2) is 8.42 Å². The fourth-order valence-corrected chi connectivity index (χ4v) is 2.35. The smallest absolute Gasteiger partial charge is 0.236 e. The molecule has 0 aromatic carbocycles. The fraction of sp³-hybridized carbons (Fsp3) is 0.800. The number of rotatable bonds is 4. The van der Waals surface area contributed by atoms with Crippen molar-refractivity contribution in [2.45, 2.75) is 19.3 Å². The van der Waals surface area contributed by atoms with Gasteiger partial charge in [0.05, 0.1) is 5.75 Å². The van der Waals surface area contributed by atoms with Gasteiger partial charge in [-0.1, -0.05) is 12.2 Å². The normalized spacial score (nSPS) is 21.2. The first-order valence-electron chi connectivity index (χ1n) is 5.23. The molecule has 15 heavy (non-hydrogen) atoms. The second-order valence-corrected chi connectivity index (χ2v) is 6.98. The maximum Gasteiger partial charge on any atom is 0.236 e. The quantitative estimate of drug-likeness (QED) is 0.565. The third kappa shape index (κ3) is 6.17. The molecule has 3 nitrogen and oxygen atoms in total. The van der Waals surface area contributed by atoms with Gasteiger partial charge < -0.3 is 4.90 Å². The van der Waals surface area contributed by atoms with Crippen LogP contribution in [0.25, 0.3) is 0 Å². The van der Waals surface area contributed by atoms with Gasteiger partial charge in [0, 0.05) is 10.7 Å². The van der Waals surface area contributed by atoms with Crippen molar-refractivity contribution >= 4 is 19.7 Å². The fourth-order valence-electron chi connectivity index (χ4n) is 1.77. The molecule has 1 aliphatic heterocycles. The summed E-state index contributed by atoms with van der Waals surface area (Å²) >= 11 is 0. The van der Waals surface area contributed by atoms with Crippen LogP contribution in [0.5, 0.6) is 0 Å². The lowest BCUT2D eigenvalue weighted by atomic mass is 9.94. The standard InChI is InChI=1S/C10H18ClNO2S/c1-12-7-5-10(6-8-12)4-2-3-9-15(11,13)14/h2-3,10H,4-9H2,1H3/b3-2-. The first-order valence-corrected chi connectivity index (χ1v) is 7.71. The van der Waals surface area contributed by atoms with Crippen LogP contribution in [0.2, 0.25) is 0 Å². The lowest BCUT2D eigenvalue weighted by Gasteiger charge is -2.28. The highest BCUT2D eigenvalue weighted by atomic mass is 35.7. The van der Waals surface area contributed by atoms with E-state index < -0.39 is 9.05 Å². The van der Waals surface area contributed by atoms with Crippen LogP contribution >= 0.6 is 10.7 Å². The number of allylic oxidation sites excluding steroid dienone is 1. The topological polar surface area (TPSA) is 37.4 Å². The second-order valence-electron chi connectivity index (χ2n) is 4.16. The summed E-state index contributed by atoms with van der Waals surface area (Å²) in [7, 11) is 3.86. The minimum atomic E-state index is -3.36. The van der Waals surface area contributed by atoms with Crippen molar-refractivity contribution in [3.8, 4) is 0 Å². The Bertz CT molecular complexity index is 305. The summed E-state index contributed by atoms with van der Waals surface area (Å²) in [6.45, 7) is 2.29. The summed E-state index contributed by atoms with van der Waals surface area (Å²) in [5.74, 6) is 0.650. The number of likely N-dealkylation sites (tertiary alicyclic amines) is 1. The van der Waals surface area contributed by atoms with Gasteiger partial charge in [-0.15, -0.1) is 0 Å². The Morgan fingerprint density at radius 3 is 2.47 bits per heavy atom. The lowest BCUT2D eigenvalue weighted by Crippen LogP contribution is -2.29. The molecule has 0 aliphatic carbocycles. The van der Waals surface area contributed by atoms with Gasteiger partial charge in [0.2, 0.25) is 9.05 Å². The van der Waals surface area contributed by atoms with Crippen LogP contribution in [-0.4, -0.2) is 39.2 Å². The molecule has 0 atom stereocenters. The Hall–Kier alpha value is -0.0600. The van der Waals surface area contributed by atoms with Gasteiger partial charge in [0.25, 0.3) is 0 Å². The van der Waals surface area contributed by atoms with Crippen LogP contribution < -0.4 is 0 Å². The van der Waals surface area contributed by atoms with Crippen LogP contribution in [0.1, 0.15) is 19.3 Å². The van der Waals surface area contributed by atoms with Gasteiger partial charge in [0.1, 0.15) is 0 Å². The van der Waals surface area contributed by atoms with E-state index >= 15 is 0 Å². The van der Waals surface area contributed by atoms with Crippen molar-refractivity contribution in [1.82, 2.24) is 4.90 Å². The first kappa shape index (κ1) is 13.0. The predicted octanol–water partition coefficient (Wildman–Crippen LogP) is 1.84. The van der Waals surface area contributed by atoms with E-state index in [0.717, 1.165) is 19.5 Å². The predicted molar refractivity (Wildman–Crippen MR) is 63.6 cm³/mol. The van der Waals surface area contributed by atoms with E-state index in [2.05, 4.69) is 11.9 Å². The van der Waals surface area contributed by atoms with Gasteiger partial charge in [-0.05, 0) is 45.3 Å². The number of hydrogen-bond acceptors (Lipinski definition) is 3. The first-order chi connectivity index (χ1) is 6.97. The summed E-state index contributed by atoms with van der Waals surface area (Å²) in [6, 6.07) is 0. The zero-order valence-electron chi connectivity index (χ0n) is 9.02. The van der Waals surface area contributed by atoms with Crippen molar-refractivity contribution < 1.29 is 8.42 Å². The van der Waals surface area contributed by atoms with Crippen molar-refractivity contribution in [1.29, 1.82) is 0 Å². The SMILES string of the molecule is CN1CCC(C/C=C\CS(=O)(=O)Cl)CC1. The van der Waals surface area contributed by atoms with Crippen LogP contribution in [0.3, 0.4) is 0 Å². The molecule has 1 rings (SSSR count). The van der Waals surface area contributed by atoms with E-state index in [1.165, 1.54) is 12.8 Å². The van der Waals surface area contributed by atoms with E-state index in [9.17, 15) is 8.42 Å². The molecule has 0 N–H and O–H groups in total. The molecule has 0 bridgehead atoms. The molecule has 0 amide bonds. The lowest BCUT2D eigenvalue weighted by molar-refractivity contribution is 0.221. The molecule has 0 aromatic heterocycles. The third-order valence-electron chi connectivity index (χ3n) is 2.77. The maximum absolute atomic E-state index is 10.6. The number of nitrogens with zero attached hydrogens (tertiary/aromatic N) is 1. The highest BCUT2D eigenvalue weighted by Crippen LogP contribution is 2.19. The molecule has 0 aromatic rings. The zero-order valence-corrected chi connectivity index (χ0v) is 10.6. The Kier molecular flexibility index (Phi) is 5.09. The van der Waals surface area contributed by atoms with Gasteiger partial charge in [-0.3, -0.25) is 0 Å². The summed E-state index contributed by atoms with van der Waals surface area (Å²) in [5, 5.41) is 0. The third-order valence-corrected chi connectivity index (χ3v) is 3.74. The van der Waals surface area contributed by atoms with Gasteiger partial charge in [-0.2, -0.15) is 0 Å². The van der Waals surface area contributed by atoms with E-state index in [1.807, 2.05) is 6.08 Å². The molecule has 0 saturated carbocycles.